The first-order chi connectivity index (χ1) is 7.61. The molecule has 1 aliphatic rings. The zero-order chi connectivity index (χ0) is 11.7. The Hall–Kier alpha value is -1.38. The molecule has 4 nitrogen and oxygen atoms in total. The fourth-order valence-corrected chi connectivity index (χ4v) is 2.85. The van der Waals surface area contributed by atoms with Gasteiger partial charge in [0.2, 0.25) is 10.9 Å². The first-order valence-corrected chi connectivity index (χ1v) is 6.23. The predicted octanol–water partition coefficient (Wildman–Crippen LogP) is 0.970. The summed E-state index contributed by atoms with van der Waals surface area (Å²) in [4.78, 5) is 0. The lowest BCUT2D eigenvalue weighted by atomic mass is 9.99. The highest BCUT2D eigenvalue weighted by atomic mass is 32.2. The number of nitriles is 1. The normalized spacial score (nSPS) is 18.4. The van der Waals surface area contributed by atoms with Crippen LogP contribution in [0.3, 0.4) is 0 Å². The number of rotatable bonds is 2. The molecule has 0 saturated heterocycles. The summed E-state index contributed by atoms with van der Waals surface area (Å²) in [7, 11) is -2.57. The molecule has 0 aliphatic heterocycles. The van der Waals surface area contributed by atoms with E-state index < -0.39 is 10.9 Å². The summed E-state index contributed by atoms with van der Waals surface area (Å²) in [6.45, 7) is 1.91. The van der Waals surface area contributed by atoms with Crippen LogP contribution in [0, 0.1) is 18.3 Å². The van der Waals surface area contributed by atoms with Gasteiger partial charge < -0.3 is 0 Å². The highest BCUT2D eigenvalue weighted by Crippen LogP contribution is 2.34. The van der Waals surface area contributed by atoms with Crippen LogP contribution in [0.1, 0.15) is 34.7 Å². The van der Waals surface area contributed by atoms with Gasteiger partial charge in [-0.25, -0.2) is 13.1 Å². The third kappa shape index (κ3) is 1.94. The van der Waals surface area contributed by atoms with Crippen LogP contribution in [-0.2, 0) is 17.3 Å². The standard InChI is InChI=1S/C11H12N2O2S/c1-7-4-8(6-12)5-9-2-3-10(11(7)9)13-16(14)15/h4-5,10,16H,2-3H2,1H3,(H,13,14,15)/t10-/m0/s1. The Kier molecular flexibility index (Phi) is 2.95. The van der Waals surface area contributed by atoms with Crippen LogP contribution in [0.4, 0.5) is 0 Å². The highest BCUT2D eigenvalue weighted by molar-refractivity contribution is 7.70. The Morgan fingerprint density at radius 1 is 1.50 bits per heavy atom. The van der Waals surface area contributed by atoms with E-state index in [1.807, 2.05) is 13.0 Å². The molecule has 0 amide bonds. The molecule has 0 unspecified atom stereocenters. The van der Waals surface area contributed by atoms with Gasteiger partial charge >= 0.3 is 0 Å². The molecule has 1 aliphatic carbocycles. The number of aryl methyl sites for hydroxylation is 2. The van der Waals surface area contributed by atoms with Crippen molar-refractivity contribution >= 4 is 10.9 Å². The first-order valence-electron chi connectivity index (χ1n) is 5.06. The van der Waals surface area contributed by atoms with E-state index in [4.69, 9.17) is 5.26 Å². The van der Waals surface area contributed by atoms with Crippen molar-refractivity contribution < 1.29 is 8.42 Å². The summed E-state index contributed by atoms with van der Waals surface area (Å²) in [5.41, 5.74) is 3.76. The fraction of sp³-hybridized carbons (Fsp3) is 0.364. The van der Waals surface area contributed by atoms with Crippen molar-refractivity contribution in [1.29, 1.82) is 5.26 Å². The lowest BCUT2D eigenvalue weighted by Crippen LogP contribution is -2.17. The Labute approximate surface area is 96.0 Å². The average Bonchev–Trinajstić information content (AvgIpc) is 2.60. The topological polar surface area (TPSA) is 70.0 Å². The number of thiol groups is 1. The molecule has 0 radical (unpaired) electrons. The van der Waals surface area contributed by atoms with E-state index in [2.05, 4.69) is 10.8 Å². The fourth-order valence-electron chi connectivity index (χ4n) is 2.34. The van der Waals surface area contributed by atoms with Gasteiger partial charge in [0, 0.05) is 6.04 Å². The quantitative estimate of drug-likeness (QED) is 0.752. The molecule has 16 heavy (non-hydrogen) atoms. The van der Waals surface area contributed by atoms with E-state index in [1.54, 1.807) is 6.07 Å². The van der Waals surface area contributed by atoms with Crippen LogP contribution in [-0.4, -0.2) is 8.42 Å². The van der Waals surface area contributed by atoms with Crippen LogP contribution in [0.15, 0.2) is 12.1 Å². The van der Waals surface area contributed by atoms with Gasteiger partial charge in [0.1, 0.15) is 0 Å². The maximum atomic E-state index is 10.7. The molecule has 0 fully saturated rings. The monoisotopic (exact) mass is 236 g/mol. The number of hydrogen-bond donors (Lipinski definition) is 2. The second-order valence-electron chi connectivity index (χ2n) is 3.96. The molecule has 2 rings (SSSR count). The van der Waals surface area contributed by atoms with Gasteiger partial charge in [0.05, 0.1) is 11.6 Å². The molecule has 0 spiro atoms. The van der Waals surface area contributed by atoms with Gasteiger partial charge in [-0.3, -0.25) is 0 Å². The SMILES string of the molecule is Cc1cc(C#N)cc2c1[C@@H](N[SH](=O)=O)CC2. The molecule has 1 N–H and O–H groups in total. The average molecular weight is 236 g/mol. The Morgan fingerprint density at radius 3 is 2.88 bits per heavy atom. The predicted molar refractivity (Wildman–Crippen MR) is 60.4 cm³/mol. The maximum Gasteiger partial charge on any atom is 0.201 e. The zero-order valence-corrected chi connectivity index (χ0v) is 9.75. The number of nitrogens with one attached hydrogen (secondary N) is 1. The number of nitrogens with zero attached hydrogens (tertiary/aromatic N) is 1. The van der Waals surface area contributed by atoms with Crippen molar-refractivity contribution in [2.24, 2.45) is 0 Å². The van der Waals surface area contributed by atoms with Crippen LogP contribution in [0.2, 0.25) is 0 Å². The molecule has 0 aromatic heterocycles. The Morgan fingerprint density at radius 2 is 2.25 bits per heavy atom. The number of benzene rings is 1. The van der Waals surface area contributed by atoms with Crippen molar-refractivity contribution in [3.05, 3.63) is 34.4 Å². The van der Waals surface area contributed by atoms with E-state index in [0.29, 0.717) is 5.56 Å². The minimum Gasteiger partial charge on any atom is -0.215 e. The molecule has 5 heteroatoms. The minimum absolute atomic E-state index is 0.121. The van der Waals surface area contributed by atoms with E-state index in [9.17, 15) is 8.42 Å². The zero-order valence-electron chi connectivity index (χ0n) is 8.86. The van der Waals surface area contributed by atoms with E-state index in [0.717, 1.165) is 29.5 Å². The molecule has 84 valence electrons. The Bertz CT molecular complexity index is 536. The van der Waals surface area contributed by atoms with Crippen LogP contribution < -0.4 is 4.72 Å². The van der Waals surface area contributed by atoms with Gasteiger partial charge in [0.15, 0.2) is 0 Å². The summed E-state index contributed by atoms with van der Waals surface area (Å²) in [5.74, 6) is 0. The van der Waals surface area contributed by atoms with Gasteiger partial charge in [-0.1, -0.05) is 0 Å². The summed E-state index contributed by atoms with van der Waals surface area (Å²) in [6, 6.07) is 5.64. The van der Waals surface area contributed by atoms with Crippen molar-refractivity contribution in [2.45, 2.75) is 25.8 Å². The van der Waals surface area contributed by atoms with Crippen LogP contribution >= 0.6 is 0 Å². The molecule has 0 saturated carbocycles. The lowest BCUT2D eigenvalue weighted by molar-refractivity contribution is 0.573. The Balaban J connectivity index is 2.44. The van der Waals surface area contributed by atoms with Crippen molar-refractivity contribution in [2.75, 3.05) is 0 Å². The number of hydrogen-bond acceptors (Lipinski definition) is 3. The molecular formula is C11H12N2O2S. The van der Waals surface area contributed by atoms with Crippen LogP contribution in [0.5, 0.6) is 0 Å². The smallest absolute Gasteiger partial charge is 0.201 e. The molecule has 1 atom stereocenters. The summed E-state index contributed by atoms with van der Waals surface area (Å²) in [5, 5.41) is 8.84. The van der Waals surface area contributed by atoms with E-state index in [1.165, 1.54) is 0 Å². The second kappa shape index (κ2) is 4.24. The molecule has 1 aromatic carbocycles. The number of fused-ring (bicyclic) bond motifs is 1. The molecule has 1 aromatic rings. The van der Waals surface area contributed by atoms with E-state index >= 15 is 0 Å². The van der Waals surface area contributed by atoms with Gasteiger partial charge in [0.25, 0.3) is 0 Å². The van der Waals surface area contributed by atoms with Crippen molar-refractivity contribution in [1.82, 2.24) is 4.72 Å². The van der Waals surface area contributed by atoms with Crippen molar-refractivity contribution in [3.8, 4) is 6.07 Å². The first kappa shape index (κ1) is 11.1. The maximum absolute atomic E-state index is 10.7. The van der Waals surface area contributed by atoms with Gasteiger partial charge in [-0.15, -0.1) is 0 Å². The third-order valence-corrected chi connectivity index (χ3v) is 3.44. The molecule has 0 heterocycles. The molecular weight excluding hydrogens is 224 g/mol. The minimum atomic E-state index is -2.57. The summed E-state index contributed by atoms with van der Waals surface area (Å²) >= 11 is 0. The lowest BCUT2D eigenvalue weighted by Gasteiger charge is -2.12. The van der Waals surface area contributed by atoms with Gasteiger partial charge in [-0.2, -0.15) is 5.26 Å². The summed E-state index contributed by atoms with van der Waals surface area (Å²) in [6.07, 6.45) is 1.60. The van der Waals surface area contributed by atoms with Gasteiger partial charge in [-0.05, 0) is 48.6 Å². The van der Waals surface area contributed by atoms with Crippen LogP contribution in [0.25, 0.3) is 0 Å². The van der Waals surface area contributed by atoms with E-state index in [-0.39, 0.29) is 6.04 Å². The molecule has 0 bridgehead atoms. The third-order valence-electron chi connectivity index (χ3n) is 2.91. The van der Waals surface area contributed by atoms with Crippen molar-refractivity contribution in [3.63, 3.8) is 0 Å². The summed E-state index contributed by atoms with van der Waals surface area (Å²) < 4.78 is 23.9. The highest BCUT2D eigenvalue weighted by Gasteiger charge is 2.25. The second-order valence-corrected chi connectivity index (χ2v) is 4.73. The largest absolute Gasteiger partial charge is 0.215 e.